The normalized spacial score (nSPS) is 12.7. The van der Waals surface area contributed by atoms with Crippen molar-refractivity contribution in [3.8, 4) is 0 Å². The van der Waals surface area contributed by atoms with Gasteiger partial charge in [0, 0.05) is 18.3 Å². The van der Waals surface area contributed by atoms with Gasteiger partial charge in [-0.05, 0) is 6.42 Å². The largest absolute Gasteiger partial charge is 0.550 e. The molecule has 0 aliphatic carbocycles. The molecule has 1 rings (SSSR count). The topological polar surface area (TPSA) is 48.9 Å². The summed E-state index contributed by atoms with van der Waals surface area (Å²) in [6.45, 7) is 4.27. The van der Waals surface area contributed by atoms with Gasteiger partial charge in [0.2, 0.25) is 0 Å². The number of carbonyl (C=O) groups is 1. The second-order valence-corrected chi connectivity index (χ2v) is 3.95. The first kappa shape index (κ1) is 11.8. The summed E-state index contributed by atoms with van der Waals surface area (Å²) in [5.41, 5.74) is 0. The number of aliphatic carboxylic acids is 1. The second kappa shape index (κ2) is 4.96. The molecule has 0 spiro atoms. The third-order valence-electron chi connectivity index (χ3n) is 2.56. The van der Waals surface area contributed by atoms with Gasteiger partial charge in [-0.15, -0.1) is 0 Å². The summed E-state index contributed by atoms with van der Waals surface area (Å²) in [7, 11) is 1.98. The van der Waals surface area contributed by atoms with E-state index in [0.29, 0.717) is 6.54 Å². The number of carbonyl (C=O) groups excluding carboxylic acids is 1. The molecule has 0 fully saturated rings. The molecule has 1 aromatic rings. The first-order valence-electron chi connectivity index (χ1n) is 5.30. The fourth-order valence-corrected chi connectivity index (χ4v) is 1.63. The molecule has 1 unspecified atom stereocenters. The molecule has 4 nitrogen and oxygen atoms in total. The first-order valence-corrected chi connectivity index (χ1v) is 5.30. The fourth-order valence-electron chi connectivity index (χ4n) is 1.63. The summed E-state index contributed by atoms with van der Waals surface area (Å²) in [5.74, 6) is -0.285. The number of carboxylic acids is 1. The molecule has 0 saturated heterocycles. The van der Waals surface area contributed by atoms with Gasteiger partial charge in [-0.1, -0.05) is 13.8 Å². The van der Waals surface area contributed by atoms with E-state index in [4.69, 9.17) is 0 Å². The Kier molecular flexibility index (Phi) is 3.88. The van der Waals surface area contributed by atoms with Gasteiger partial charge in [0.05, 0.1) is 13.6 Å². The Morgan fingerprint density at radius 2 is 2.33 bits per heavy atom. The summed E-state index contributed by atoms with van der Waals surface area (Å²) in [4.78, 5) is 10.6. The quantitative estimate of drug-likeness (QED) is 0.624. The van der Waals surface area contributed by atoms with Crippen LogP contribution < -0.4 is 9.67 Å². The Morgan fingerprint density at radius 3 is 2.87 bits per heavy atom. The van der Waals surface area contributed by atoms with E-state index in [9.17, 15) is 9.90 Å². The molecule has 0 aliphatic heterocycles. The van der Waals surface area contributed by atoms with Crippen LogP contribution in [-0.2, 0) is 24.8 Å². The van der Waals surface area contributed by atoms with Crippen LogP contribution in [0.5, 0.6) is 0 Å². The lowest BCUT2D eigenvalue weighted by atomic mass is 10.2. The van der Waals surface area contributed by atoms with Crippen molar-refractivity contribution in [1.29, 1.82) is 0 Å². The lowest BCUT2D eigenvalue weighted by molar-refractivity contribution is -0.678. The van der Waals surface area contributed by atoms with E-state index in [0.717, 1.165) is 18.7 Å². The highest BCUT2D eigenvalue weighted by Crippen LogP contribution is 2.04. The molecule has 0 amide bonds. The van der Waals surface area contributed by atoms with Gasteiger partial charge in [0.15, 0.2) is 0 Å². The maximum absolute atomic E-state index is 10.6. The number of rotatable bonds is 5. The monoisotopic (exact) mass is 210 g/mol. The van der Waals surface area contributed by atoms with Crippen molar-refractivity contribution < 1.29 is 14.5 Å². The Morgan fingerprint density at radius 1 is 1.67 bits per heavy atom. The molecule has 0 radical (unpaired) electrons. The third-order valence-corrected chi connectivity index (χ3v) is 2.56. The smallest absolute Gasteiger partial charge is 0.256 e. The molecule has 0 aliphatic rings. The lowest BCUT2D eigenvalue weighted by Gasteiger charge is -2.10. The molecule has 15 heavy (non-hydrogen) atoms. The number of aryl methyl sites for hydroxylation is 1. The van der Waals surface area contributed by atoms with Gasteiger partial charge in [-0.2, -0.15) is 0 Å². The number of carboxylic acid groups (broad SMARTS) is 1. The third kappa shape index (κ3) is 2.81. The average molecular weight is 210 g/mol. The predicted molar refractivity (Wildman–Crippen MR) is 53.8 cm³/mol. The van der Waals surface area contributed by atoms with Crippen LogP contribution >= 0.6 is 0 Å². The number of hydrogen-bond acceptors (Lipinski definition) is 2. The average Bonchev–Trinajstić information content (AvgIpc) is 2.50. The van der Waals surface area contributed by atoms with Crippen LogP contribution in [0.1, 0.15) is 26.1 Å². The SMILES string of the molecule is CCCc1n(CC(C)C(=O)[O-])cc[n+]1C. The van der Waals surface area contributed by atoms with Gasteiger partial charge >= 0.3 is 0 Å². The van der Waals surface area contributed by atoms with Gasteiger partial charge in [-0.3, -0.25) is 0 Å². The van der Waals surface area contributed by atoms with Crippen molar-refractivity contribution in [2.24, 2.45) is 13.0 Å². The second-order valence-electron chi connectivity index (χ2n) is 3.95. The van der Waals surface area contributed by atoms with E-state index in [1.807, 2.05) is 28.6 Å². The highest BCUT2D eigenvalue weighted by molar-refractivity contribution is 5.66. The Balaban J connectivity index is 2.80. The van der Waals surface area contributed by atoms with Crippen LogP contribution in [0.3, 0.4) is 0 Å². The van der Waals surface area contributed by atoms with E-state index >= 15 is 0 Å². The summed E-state index contributed by atoms with van der Waals surface area (Å²) in [6, 6.07) is 0. The van der Waals surface area contributed by atoms with Crippen molar-refractivity contribution in [2.75, 3.05) is 0 Å². The maximum atomic E-state index is 10.6. The van der Waals surface area contributed by atoms with Crippen molar-refractivity contribution in [2.45, 2.75) is 33.2 Å². The molecule has 4 heteroatoms. The summed E-state index contributed by atoms with van der Waals surface area (Å²) < 4.78 is 4.02. The fraction of sp³-hybridized carbons (Fsp3) is 0.636. The van der Waals surface area contributed by atoms with E-state index in [1.54, 1.807) is 6.92 Å². The van der Waals surface area contributed by atoms with Crippen molar-refractivity contribution >= 4 is 5.97 Å². The Hall–Kier alpha value is -1.32. The van der Waals surface area contributed by atoms with Crippen LogP contribution in [0, 0.1) is 5.92 Å². The van der Waals surface area contributed by atoms with Crippen molar-refractivity contribution in [3.05, 3.63) is 18.2 Å². The van der Waals surface area contributed by atoms with Crippen LogP contribution in [0.15, 0.2) is 12.4 Å². The highest BCUT2D eigenvalue weighted by atomic mass is 16.4. The van der Waals surface area contributed by atoms with Gasteiger partial charge in [0.1, 0.15) is 12.4 Å². The van der Waals surface area contributed by atoms with Crippen molar-refractivity contribution in [3.63, 3.8) is 0 Å². The summed E-state index contributed by atoms with van der Waals surface area (Å²) in [6.07, 6.45) is 5.89. The lowest BCUT2D eigenvalue weighted by Crippen LogP contribution is -2.35. The van der Waals surface area contributed by atoms with Gasteiger partial charge in [0.25, 0.3) is 5.82 Å². The highest BCUT2D eigenvalue weighted by Gasteiger charge is 2.16. The maximum Gasteiger partial charge on any atom is 0.256 e. The predicted octanol–water partition coefficient (Wildman–Crippen LogP) is -0.349. The zero-order chi connectivity index (χ0) is 11.4. The number of aromatic nitrogens is 2. The molecular weight excluding hydrogens is 192 g/mol. The van der Waals surface area contributed by atoms with E-state index in [2.05, 4.69) is 6.92 Å². The number of nitrogens with zero attached hydrogens (tertiary/aromatic N) is 2. The molecule has 0 N–H and O–H groups in total. The molecule has 1 heterocycles. The minimum Gasteiger partial charge on any atom is -0.550 e. The van der Waals surface area contributed by atoms with Crippen LogP contribution in [0.25, 0.3) is 0 Å². The summed E-state index contributed by atoms with van der Waals surface area (Å²) >= 11 is 0. The van der Waals surface area contributed by atoms with Crippen LogP contribution in [-0.4, -0.2) is 10.5 Å². The van der Waals surface area contributed by atoms with Crippen LogP contribution in [0.4, 0.5) is 0 Å². The zero-order valence-corrected chi connectivity index (χ0v) is 9.56. The molecule has 84 valence electrons. The number of hydrogen-bond donors (Lipinski definition) is 0. The first-order chi connectivity index (χ1) is 7.06. The standard InChI is InChI=1S/C11H18N2O2/c1-4-5-10-12(3)6-7-13(10)8-9(2)11(14)15/h6-7,9H,4-5,8H2,1-3H3. The van der Waals surface area contributed by atoms with Gasteiger partial charge < -0.3 is 9.90 Å². The molecular formula is C11H18N2O2. The molecule has 0 aromatic carbocycles. The molecule has 0 saturated carbocycles. The minimum absolute atomic E-state index is 0.451. The van der Waals surface area contributed by atoms with E-state index in [1.165, 1.54) is 0 Å². The minimum atomic E-state index is -0.992. The van der Waals surface area contributed by atoms with Crippen molar-refractivity contribution in [1.82, 2.24) is 4.57 Å². The Bertz CT molecular complexity index is 344. The van der Waals surface area contributed by atoms with Crippen LogP contribution in [0.2, 0.25) is 0 Å². The van der Waals surface area contributed by atoms with E-state index < -0.39 is 11.9 Å². The zero-order valence-electron chi connectivity index (χ0n) is 9.56. The van der Waals surface area contributed by atoms with E-state index in [-0.39, 0.29) is 0 Å². The Labute approximate surface area is 90.2 Å². The molecule has 1 aromatic heterocycles. The summed E-state index contributed by atoms with van der Waals surface area (Å²) in [5, 5.41) is 10.6. The van der Waals surface area contributed by atoms with Gasteiger partial charge in [-0.25, -0.2) is 9.13 Å². The molecule has 0 bridgehead atoms. The number of imidazole rings is 1. The molecule has 1 atom stereocenters.